The van der Waals surface area contributed by atoms with E-state index < -0.39 is 0 Å². The molecule has 1 aromatic heterocycles. The molecule has 50 heavy (non-hydrogen) atoms. The lowest BCUT2D eigenvalue weighted by Gasteiger charge is -2.36. The summed E-state index contributed by atoms with van der Waals surface area (Å²) in [5, 5.41) is 7.83. The molecule has 0 amide bonds. The van der Waals surface area contributed by atoms with E-state index >= 15 is 0 Å². The molecule has 0 aliphatic heterocycles. The van der Waals surface area contributed by atoms with Gasteiger partial charge in [0.15, 0.2) is 0 Å². The molecule has 1 atom stereocenters. The fourth-order valence-electron chi connectivity index (χ4n) is 9.00. The molecule has 7 aromatic carbocycles. The number of benzene rings is 7. The molecule has 0 spiro atoms. The zero-order chi connectivity index (χ0) is 33.0. The van der Waals surface area contributed by atoms with Gasteiger partial charge in [-0.15, -0.1) is 0 Å². The molecule has 1 nitrogen and oxygen atoms in total. The molecule has 0 radical (unpaired) electrons. The van der Waals surface area contributed by atoms with E-state index in [2.05, 4.69) is 170 Å². The van der Waals surface area contributed by atoms with E-state index in [9.17, 15) is 0 Å². The number of rotatable bonds is 4. The van der Waals surface area contributed by atoms with Gasteiger partial charge < -0.3 is 0 Å². The van der Waals surface area contributed by atoms with Gasteiger partial charge >= 0.3 is 0 Å². The third kappa shape index (κ3) is 3.80. The lowest BCUT2D eigenvalue weighted by molar-refractivity contribution is 0.682. The van der Waals surface area contributed by atoms with E-state index in [1.54, 1.807) is 0 Å². The van der Waals surface area contributed by atoms with Crippen LogP contribution < -0.4 is 0 Å². The van der Waals surface area contributed by atoms with Gasteiger partial charge in [0.25, 0.3) is 0 Å². The third-order valence-corrected chi connectivity index (χ3v) is 11.4. The van der Waals surface area contributed by atoms with Gasteiger partial charge in [-0.05, 0) is 136 Å². The Hall–Kier alpha value is -6.31. The predicted molar refractivity (Wildman–Crippen MR) is 210 cm³/mol. The highest BCUT2D eigenvalue weighted by molar-refractivity contribution is 6.28. The number of pyridine rings is 1. The van der Waals surface area contributed by atoms with E-state index in [1.165, 1.54) is 105 Å². The van der Waals surface area contributed by atoms with Gasteiger partial charge in [-0.2, -0.15) is 0 Å². The van der Waals surface area contributed by atoms with Gasteiger partial charge in [0.2, 0.25) is 0 Å². The van der Waals surface area contributed by atoms with Gasteiger partial charge in [-0.25, -0.2) is 0 Å². The highest BCUT2D eigenvalue weighted by Gasteiger charge is 2.46. The molecule has 232 valence electrons. The van der Waals surface area contributed by atoms with Crippen molar-refractivity contribution in [3.8, 4) is 44.5 Å². The Labute approximate surface area is 291 Å². The van der Waals surface area contributed by atoms with Crippen molar-refractivity contribution in [1.29, 1.82) is 0 Å². The number of hydrogen-bond acceptors (Lipinski definition) is 1. The minimum absolute atomic E-state index is 0.0103. The summed E-state index contributed by atoms with van der Waals surface area (Å²) in [4.78, 5) is 4.20. The SMILES string of the molecule is CC12C=C3C=CC=CC(=C31)c1ccc(-c3ccc(-c4cc(-c5ccc(-c6ccncc6)cc5)c5ccc6cccc7ccc4c5c67)cc3)cc12. The molecule has 0 saturated heterocycles. The first-order valence-electron chi connectivity index (χ1n) is 17.4. The van der Waals surface area contributed by atoms with Crippen molar-refractivity contribution >= 4 is 37.9 Å². The average Bonchev–Trinajstić information content (AvgIpc) is 3.25. The summed E-state index contributed by atoms with van der Waals surface area (Å²) in [5.41, 5.74) is 16.8. The van der Waals surface area contributed by atoms with Gasteiger partial charge in [-0.3, -0.25) is 4.98 Å². The smallest absolute Gasteiger partial charge is 0.0380 e. The largest absolute Gasteiger partial charge is 0.265 e. The molecule has 8 aromatic rings. The van der Waals surface area contributed by atoms with Crippen molar-refractivity contribution in [2.75, 3.05) is 0 Å². The first-order valence-corrected chi connectivity index (χ1v) is 17.4. The molecule has 1 unspecified atom stereocenters. The highest BCUT2D eigenvalue weighted by Crippen LogP contribution is 2.58. The molecule has 11 rings (SSSR count). The monoisotopic (exact) mass is 633 g/mol. The molecule has 0 fully saturated rings. The molecular weight excluding hydrogens is 603 g/mol. The summed E-state index contributed by atoms with van der Waals surface area (Å²) in [7, 11) is 0. The zero-order valence-electron chi connectivity index (χ0n) is 27.6. The van der Waals surface area contributed by atoms with Crippen molar-refractivity contribution in [3.05, 3.63) is 192 Å². The van der Waals surface area contributed by atoms with Crippen molar-refractivity contribution in [2.45, 2.75) is 12.3 Å². The maximum absolute atomic E-state index is 4.20. The Morgan fingerprint density at radius 2 is 1.06 bits per heavy atom. The van der Waals surface area contributed by atoms with Crippen LogP contribution >= 0.6 is 0 Å². The van der Waals surface area contributed by atoms with Crippen LogP contribution in [-0.2, 0) is 5.41 Å². The van der Waals surface area contributed by atoms with Crippen molar-refractivity contribution < 1.29 is 0 Å². The predicted octanol–water partition coefficient (Wildman–Crippen LogP) is 12.7. The van der Waals surface area contributed by atoms with Crippen LogP contribution in [0.15, 0.2) is 181 Å². The standard InChI is InChI=1S/C49H31N/c1-49-29-38-5-2-3-8-42(48(38)49)39-20-19-37(27-45(39)49)31-11-15-34(16-12-31)44-28-43(33-13-9-30(10-14-33)32-23-25-50-26-24-32)40-21-17-35-6-4-7-36-18-22-41(44)47(40)46(35)36/h2-29H,1H3. The minimum atomic E-state index is -0.0103. The van der Waals surface area contributed by atoms with E-state index in [1.807, 2.05) is 12.4 Å². The lowest BCUT2D eigenvalue weighted by atomic mass is 9.66. The van der Waals surface area contributed by atoms with Crippen LogP contribution in [0.5, 0.6) is 0 Å². The van der Waals surface area contributed by atoms with Crippen LogP contribution in [0, 0.1) is 0 Å². The maximum Gasteiger partial charge on any atom is 0.0380 e. The van der Waals surface area contributed by atoms with Gasteiger partial charge in [0.1, 0.15) is 0 Å². The molecular formula is C49H31N. The Morgan fingerprint density at radius 1 is 0.480 bits per heavy atom. The van der Waals surface area contributed by atoms with Crippen molar-refractivity contribution in [3.63, 3.8) is 0 Å². The fraction of sp³-hybridized carbons (Fsp3) is 0.0408. The third-order valence-electron chi connectivity index (χ3n) is 11.4. The maximum atomic E-state index is 4.20. The summed E-state index contributed by atoms with van der Waals surface area (Å²) >= 11 is 0. The van der Waals surface area contributed by atoms with E-state index in [0.29, 0.717) is 0 Å². The molecule has 0 saturated carbocycles. The van der Waals surface area contributed by atoms with E-state index in [0.717, 1.165) is 0 Å². The van der Waals surface area contributed by atoms with Gasteiger partial charge in [-0.1, -0.05) is 134 Å². The van der Waals surface area contributed by atoms with Crippen LogP contribution in [0.1, 0.15) is 18.1 Å². The Morgan fingerprint density at radius 3 is 1.74 bits per heavy atom. The second kappa shape index (κ2) is 10.1. The number of allylic oxidation sites excluding steroid dienone is 8. The van der Waals surface area contributed by atoms with Crippen LogP contribution in [0.4, 0.5) is 0 Å². The quantitative estimate of drug-likeness (QED) is 0.176. The van der Waals surface area contributed by atoms with E-state index in [-0.39, 0.29) is 5.41 Å². The Bertz CT molecular complexity index is 2810. The molecule has 1 heteroatoms. The minimum Gasteiger partial charge on any atom is -0.265 e. The Balaban J connectivity index is 1.05. The first kappa shape index (κ1) is 27.6. The summed E-state index contributed by atoms with van der Waals surface area (Å²) < 4.78 is 0. The van der Waals surface area contributed by atoms with Crippen LogP contribution in [-0.4, -0.2) is 4.98 Å². The van der Waals surface area contributed by atoms with Crippen molar-refractivity contribution in [1.82, 2.24) is 4.98 Å². The second-order valence-electron chi connectivity index (χ2n) is 14.1. The molecule has 3 aliphatic carbocycles. The Kier molecular flexibility index (Phi) is 5.58. The van der Waals surface area contributed by atoms with E-state index in [4.69, 9.17) is 0 Å². The average molecular weight is 634 g/mol. The number of aromatic nitrogens is 1. The number of nitrogens with zero attached hydrogens (tertiary/aromatic N) is 1. The summed E-state index contributed by atoms with van der Waals surface area (Å²) in [6.07, 6.45) is 15.0. The molecule has 0 bridgehead atoms. The topological polar surface area (TPSA) is 12.9 Å². The summed E-state index contributed by atoms with van der Waals surface area (Å²) in [5.74, 6) is 0. The van der Waals surface area contributed by atoms with Crippen molar-refractivity contribution in [2.24, 2.45) is 0 Å². The normalized spacial score (nSPS) is 17.3. The molecule has 0 N–H and O–H groups in total. The number of fused-ring (bicyclic) bond motifs is 3. The zero-order valence-corrected chi connectivity index (χ0v) is 27.6. The van der Waals surface area contributed by atoms with Gasteiger partial charge in [0, 0.05) is 17.8 Å². The summed E-state index contributed by atoms with van der Waals surface area (Å²) in [6, 6.07) is 47.7. The first-order chi connectivity index (χ1) is 24.6. The van der Waals surface area contributed by atoms with Crippen LogP contribution in [0.3, 0.4) is 0 Å². The highest BCUT2D eigenvalue weighted by atomic mass is 14.6. The fourth-order valence-corrected chi connectivity index (χ4v) is 9.00. The number of hydrogen-bond donors (Lipinski definition) is 0. The summed E-state index contributed by atoms with van der Waals surface area (Å²) in [6.45, 7) is 2.37. The second-order valence-corrected chi connectivity index (χ2v) is 14.1. The van der Waals surface area contributed by atoms with Crippen LogP contribution in [0.2, 0.25) is 0 Å². The van der Waals surface area contributed by atoms with Gasteiger partial charge in [0.05, 0.1) is 0 Å². The molecule has 1 heterocycles. The molecule has 3 aliphatic rings. The van der Waals surface area contributed by atoms with Crippen LogP contribution in [0.25, 0.3) is 82.4 Å². The lowest BCUT2D eigenvalue weighted by Crippen LogP contribution is -2.28.